The molecule has 0 radical (unpaired) electrons. The van der Waals surface area contributed by atoms with Gasteiger partial charge in [0.25, 0.3) is 5.91 Å². The first-order chi connectivity index (χ1) is 9.85. The number of alkyl halides is 3. The Morgan fingerprint density at radius 1 is 1.19 bits per heavy atom. The van der Waals surface area contributed by atoms with Gasteiger partial charge >= 0.3 is 6.36 Å². The van der Waals surface area contributed by atoms with Crippen molar-refractivity contribution in [3.63, 3.8) is 0 Å². The maximum absolute atomic E-state index is 12.3. The Morgan fingerprint density at radius 3 is 2.52 bits per heavy atom. The molecular formula is C13H10F3N3O2. The molecule has 2 aromatic rings. The SMILES string of the molecule is Cc1cnc(C(=O)Nc2ccccc2OC(F)(F)F)cn1. The van der Waals surface area contributed by atoms with Gasteiger partial charge in [0.1, 0.15) is 5.69 Å². The molecule has 2 rings (SSSR count). The largest absolute Gasteiger partial charge is 0.573 e. The van der Waals surface area contributed by atoms with E-state index in [-0.39, 0.29) is 11.4 Å². The van der Waals surface area contributed by atoms with Crippen molar-refractivity contribution in [2.24, 2.45) is 0 Å². The number of ether oxygens (including phenoxy) is 1. The average molecular weight is 297 g/mol. The maximum atomic E-state index is 12.3. The molecule has 0 aliphatic carbocycles. The highest BCUT2D eigenvalue weighted by molar-refractivity contribution is 6.03. The van der Waals surface area contributed by atoms with Crippen LogP contribution in [0.1, 0.15) is 16.2 Å². The molecule has 1 amide bonds. The van der Waals surface area contributed by atoms with Gasteiger partial charge in [-0.3, -0.25) is 9.78 Å². The lowest BCUT2D eigenvalue weighted by Crippen LogP contribution is -2.20. The summed E-state index contributed by atoms with van der Waals surface area (Å²) in [6.45, 7) is 1.70. The Kier molecular flexibility index (Phi) is 4.06. The first-order valence-corrected chi connectivity index (χ1v) is 5.80. The van der Waals surface area contributed by atoms with Crippen molar-refractivity contribution in [2.45, 2.75) is 13.3 Å². The van der Waals surface area contributed by atoms with Crippen molar-refractivity contribution in [3.8, 4) is 5.75 Å². The van der Waals surface area contributed by atoms with Gasteiger partial charge in [-0.05, 0) is 19.1 Å². The molecule has 8 heteroatoms. The maximum Gasteiger partial charge on any atom is 0.573 e. The summed E-state index contributed by atoms with van der Waals surface area (Å²) in [5.41, 5.74) is 0.497. The van der Waals surface area contributed by atoms with Crippen molar-refractivity contribution in [3.05, 3.63) is 48.0 Å². The highest BCUT2D eigenvalue weighted by atomic mass is 19.4. The summed E-state index contributed by atoms with van der Waals surface area (Å²) in [6.07, 6.45) is -2.23. The molecule has 1 heterocycles. The summed E-state index contributed by atoms with van der Waals surface area (Å²) in [5, 5.41) is 2.30. The van der Waals surface area contributed by atoms with Crippen LogP contribution in [0.25, 0.3) is 0 Å². The minimum Gasteiger partial charge on any atom is -0.404 e. The van der Waals surface area contributed by atoms with Crippen LogP contribution >= 0.6 is 0 Å². The number of nitrogens with one attached hydrogen (secondary N) is 1. The van der Waals surface area contributed by atoms with Crippen molar-refractivity contribution in [2.75, 3.05) is 5.32 Å². The van der Waals surface area contributed by atoms with Gasteiger partial charge < -0.3 is 10.1 Å². The normalized spacial score (nSPS) is 11.0. The van der Waals surface area contributed by atoms with Crippen LogP contribution in [-0.2, 0) is 0 Å². The molecule has 0 fully saturated rings. The number of carbonyl (C=O) groups excluding carboxylic acids is 1. The zero-order valence-electron chi connectivity index (χ0n) is 10.8. The predicted molar refractivity (Wildman–Crippen MR) is 67.8 cm³/mol. The van der Waals surface area contributed by atoms with E-state index >= 15 is 0 Å². The fourth-order valence-corrected chi connectivity index (χ4v) is 1.48. The van der Waals surface area contributed by atoms with E-state index in [1.54, 1.807) is 6.92 Å². The number of nitrogens with zero attached hydrogens (tertiary/aromatic N) is 2. The quantitative estimate of drug-likeness (QED) is 0.946. The Morgan fingerprint density at radius 2 is 1.90 bits per heavy atom. The Labute approximate surface area is 117 Å². The number of carbonyl (C=O) groups is 1. The number of anilines is 1. The molecule has 0 spiro atoms. The molecule has 1 aromatic carbocycles. The van der Waals surface area contributed by atoms with Gasteiger partial charge in [0.2, 0.25) is 0 Å². The van der Waals surface area contributed by atoms with E-state index in [9.17, 15) is 18.0 Å². The fourth-order valence-electron chi connectivity index (χ4n) is 1.48. The number of benzene rings is 1. The zero-order valence-corrected chi connectivity index (χ0v) is 10.8. The molecule has 5 nitrogen and oxygen atoms in total. The molecule has 0 saturated carbocycles. The summed E-state index contributed by atoms with van der Waals surface area (Å²) >= 11 is 0. The summed E-state index contributed by atoms with van der Waals surface area (Å²) in [6, 6.07) is 5.23. The van der Waals surface area contributed by atoms with Crippen LogP contribution in [0.5, 0.6) is 5.75 Å². The molecular weight excluding hydrogens is 287 g/mol. The molecule has 0 bridgehead atoms. The molecule has 0 aliphatic rings. The zero-order chi connectivity index (χ0) is 15.5. The van der Waals surface area contributed by atoms with Crippen LogP contribution < -0.4 is 10.1 Å². The monoisotopic (exact) mass is 297 g/mol. The van der Waals surface area contributed by atoms with E-state index in [1.807, 2.05) is 0 Å². The Bertz CT molecular complexity index is 642. The van der Waals surface area contributed by atoms with Crippen molar-refractivity contribution >= 4 is 11.6 Å². The lowest BCUT2D eigenvalue weighted by Gasteiger charge is -2.13. The number of hydrogen-bond acceptors (Lipinski definition) is 4. The smallest absolute Gasteiger partial charge is 0.404 e. The Balaban J connectivity index is 2.19. The van der Waals surface area contributed by atoms with Gasteiger partial charge in [0.15, 0.2) is 5.75 Å². The van der Waals surface area contributed by atoms with E-state index in [0.717, 1.165) is 6.07 Å². The number of hydrogen-bond donors (Lipinski definition) is 1. The minimum atomic E-state index is -4.84. The predicted octanol–water partition coefficient (Wildman–Crippen LogP) is 2.94. The molecule has 1 N–H and O–H groups in total. The van der Waals surface area contributed by atoms with Crippen LogP contribution in [0.2, 0.25) is 0 Å². The second kappa shape index (κ2) is 5.78. The molecule has 0 atom stereocenters. The second-order valence-electron chi connectivity index (χ2n) is 4.04. The first-order valence-electron chi connectivity index (χ1n) is 5.80. The molecule has 0 unspecified atom stereocenters. The van der Waals surface area contributed by atoms with E-state index in [1.165, 1.54) is 30.6 Å². The molecule has 21 heavy (non-hydrogen) atoms. The Hall–Kier alpha value is -2.64. The highest BCUT2D eigenvalue weighted by Crippen LogP contribution is 2.30. The van der Waals surface area contributed by atoms with Crippen LogP contribution in [0.4, 0.5) is 18.9 Å². The van der Waals surface area contributed by atoms with Gasteiger partial charge in [-0.25, -0.2) is 4.98 Å². The summed E-state index contributed by atoms with van der Waals surface area (Å²) in [4.78, 5) is 19.6. The van der Waals surface area contributed by atoms with Crippen LogP contribution in [-0.4, -0.2) is 22.2 Å². The summed E-state index contributed by atoms with van der Waals surface area (Å²) in [7, 11) is 0. The van der Waals surface area contributed by atoms with E-state index in [2.05, 4.69) is 20.0 Å². The first kappa shape index (κ1) is 14.8. The number of rotatable bonds is 3. The molecule has 0 saturated heterocycles. The van der Waals surface area contributed by atoms with Gasteiger partial charge in [0, 0.05) is 6.20 Å². The fraction of sp³-hybridized carbons (Fsp3) is 0.154. The van der Waals surface area contributed by atoms with Crippen LogP contribution in [0, 0.1) is 6.92 Å². The van der Waals surface area contributed by atoms with Gasteiger partial charge in [-0.1, -0.05) is 12.1 Å². The number of aromatic nitrogens is 2. The summed E-state index contributed by atoms with van der Waals surface area (Å²) < 4.78 is 40.6. The lowest BCUT2D eigenvalue weighted by atomic mass is 10.3. The number of halogens is 3. The topological polar surface area (TPSA) is 64.1 Å². The number of para-hydroxylation sites is 2. The molecule has 1 aromatic heterocycles. The van der Waals surface area contributed by atoms with E-state index < -0.39 is 18.0 Å². The van der Waals surface area contributed by atoms with Crippen molar-refractivity contribution in [1.29, 1.82) is 0 Å². The minimum absolute atomic E-state index is 0.0117. The van der Waals surface area contributed by atoms with Crippen molar-refractivity contribution < 1.29 is 22.7 Å². The lowest BCUT2D eigenvalue weighted by molar-refractivity contribution is -0.274. The van der Waals surface area contributed by atoms with Gasteiger partial charge in [-0.2, -0.15) is 0 Å². The average Bonchev–Trinajstić information content (AvgIpc) is 2.40. The van der Waals surface area contributed by atoms with Crippen LogP contribution in [0.3, 0.4) is 0 Å². The summed E-state index contributed by atoms with van der Waals surface area (Å²) in [5.74, 6) is -1.18. The third-order valence-corrected chi connectivity index (χ3v) is 2.37. The second-order valence-corrected chi connectivity index (χ2v) is 4.04. The number of aryl methyl sites for hydroxylation is 1. The molecule has 110 valence electrons. The van der Waals surface area contributed by atoms with Gasteiger partial charge in [0.05, 0.1) is 17.6 Å². The van der Waals surface area contributed by atoms with Crippen molar-refractivity contribution in [1.82, 2.24) is 9.97 Å². The molecule has 0 aliphatic heterocycles. The van der Waals surface area contributed by atoms with E-state index in [0.29, 0.717) is 5.69 Å². The third kappa shape index (κ3) is 4.16. The van der Waals surface area contributed by atoms with Gasteiger partial charge in [-0.15, -0.1) is 13.2 Å². The highest BCUT2D eigenvalue weighted by Gasteiger charge is 2.32. The van der Waals surface area contributed by atoms with Crippen LogP contribution in [0.15, 0.2) is 36.7 Å². The number of amides is 1. The third-order valence-electron chi connectivity index (χ3n) is 2.37. The van der Waals surface area contributed by atoms with E-state index in [4.69, 9.17) is 0 Å². The standard InChI is InChI=1S/C13H10F3N3O2/c1-8-6-18-10(7-17-8)12(20)19-9-4-2-3-5-11(9)21-13(14,15)16/h2-7H,1H3,(H,19,20).